The normalized spacial score (nSPS) is 10.3. The molecule has 1 aromatic rings. The fourth-order valence-corrected chi connectivity index (χ4v) is 1.29. The molecule has 0 aromatic carbocycles. The van der Waals surface area contributed by atoms with E-state index in [2.05, 4.69) is 10.6 Å². The fourth-order valence-electron chi connectivity index (χ4n) is 1.29. The van der Waals surface area contributed by atoms with E-state index in [4.69, 9.17) is 15.3 Å². The van der Waals surface area contributed by atoms with Crippen molar-refractivity contribution in [3.63, 3.8) is 0 Å². The maximum atomic E-state index is 11.6. The first-order valence-corrected chi connectivity index (χ1v) is 5.37. The van der Waals surface area contributed by atoms with Crippen LogP contribution in [-0.2, 0) is 28.0 Å². The van der Waals surface area contributed by atoms with Crippen molar-refractivity contribution in [2.45, 2.75) is 13.5 Å². The third-order valence-corrected chi connectivity index (χ3v) is 2.11. The van der Waals surface area contributed by atoms with Crippen LogP contribution >= 0.6 is 0 Å². The molecule has 0 radical (unpaired) electrons. The van der Waals surface area contributed by atoms with Crippen LogP contribution in [0, 0.1) is 0 Å². The first-order chi connectivity index (χ1) is 8.56. The van der Waals surface area contributed by atoms with Crippen molar-refractivity contribution in [3.8, 4) is 0 Å². The Morgan fingerprint density at radius 1 is 1.56 bits per heavy atom. The molecule has 3 N–H and O–H groups in total. The van der Waals surface area contributed by atoms with Crippen molar-refractivity contribution < 1.29 is 19.2 Å². The summed E-state index contributed by atoms with van der Waals surface area (Å²) in [5.74, 6) is -1.03. The Balaban J connectivity index is 2.61. The molecular formula is C10H16N4O4. The Bertz CT molecular complexity index is 430. The van der Waals surface area contributed by atoms with E-state index in [0.717, 1.165) is 0 Å². The molecule has 0 spiro atoms. The lowest BCUT2D eigenvalue weighted by Gasteiger charge is -2.07. The molecule has 1 aromatic heterocycles. The quantitative estimate of drug-likeness (QED) is 0.372. The SMILES string of the molecule is CCOC(=O)c1cnn(C)c1CNOCC(N)=O. The number of nitrogens with two attached hydrogens (primary N) is 1. The topological polar surface area (TPSA) is 108 Å². The van der Waals surface area contributed by atoms with Gasteiger partial charge in [0.25, 0.3) is 0 Å². The second kappa shape index (κ2) is 6.72. The largest absolute Gasteiger partial charge is 0.462 e. The summed E-state index contributed by atoms with van der Waals surface area (Å²) in [6.07, 6.45) is 1.42. The molecule has 18 heavy (non-hydrogen) atoms. The molecule has 8 nitrogen and oxygen atoms in total. The van der Waals surface area contributed by atoms with Crippen LogP contribution < -0.4 is 11.2 Å². The van der Waals surface area contributed by atoms with Gasteiger partial charge in [0.2, 0.25) is 5.91 Å². The van der Waals surface area contributed by atoms with Crippen molar-refractivity contribution in [2.75, 3.05) is 13.2 Å². The molecule has 0 aliphatic rings. The zero-order valence-electron chi connectivity index (χ0n) is 10.3. The molecule has 0 aliphatic heterocycles. The maximum absolute atomic E-state index is 11.6. The summed E-state index contributed by atoms with van der Waals surface area (Å²) in [7, 11) is 1.69. The highest BCUT2D eigenvalue weighted by Crippen LogP contribution is 2.09. The number of hydrogen-bond acceptors (Lipinski definition) is 6. The van der Waals surface area contributed by atoms with Gasteiger partial charge in [-0.05, 0) is 6.92 Å². The number of ether oxygens (including phenoxy) is 1. The Morgan fingerprint density at radius 3 is 2.89 bits per heavy atom. The van der Waals surface area contributed by atoms with Gasteiger partial charge >= 0.3 is 5.97 Å². The molecule has 0 aliphatic carbocycles. The number of nitrogens with one attached hydrogen (secondary N) is 1. The Labute approximate surface area is 104 Å². The van der Waals surface area contributed by atoms with Crippen LogP contribution in [0.5, 0.6) is 0 Å². The number of carbonyl (C=O) groups excluding carboxylic acids is 2. The highest BCUT2D eigenvalue weighted by Gasteiger charge is 2.16. The molecule has 1 amide bonds. The van der Waals surface area contributed by atoms with Crippen LogP contribution in [0.25, 0.3) is 0 Å². The van der Waals surface area contributed by atoms with E-state index >= 15 is 0 Å². The number of aryl methyl sites for hydroxylation is 1. The predicted octanol–water partition coefficient (Wildman–Crippen LogP) is -0.897. The number of aromatic nitrogens is 2. The Hall–Kier alpha value is -1.93. The van der Waals surface area contributed by atoms with E-state index in [-0.39, 0.29) is 13.2 Å². The fraction of sp³-hybridized carbons (Fsp3) is 0.500. The summed E-state index contributed by atoms with van der Waals surface area (Å²) in [5, 5.41) is 3.96. The molecule has 0 bridgehead atoms. The highest BCUT2D eigenvalue weighted by atomic mass is 16.6. The van der Waals surface area contributed by atoms with E-state index in [9.17, 15) is 9.59 Å². The van der Waals surface area contributed by atoms with Gasteiger partial charge in [-0.15, -0.1) is 0 Å². The minimum absolute atomic E-state index is 0.206. The van der Waals surface area contributed by atoms with Crippen LogP contribution in [0.1, 0.15) is 23.0 Å². The van der Waals surface area contributed by atoms with Crippen molar-refractivity contribution in [1.29, 1.82) is 0 Å². The zero-order chi connectivity index (χ0) is 13.5. The van der Waals surface area contributed by atoms with E-state index in [1.54, 1.807) is 14.0 Å². The number of rotatable bonds is 7. The standard InChI is InChI=1S/C10H16N4O4/c1-3-17-10(16)7-4-12-14(2)8(7)5-13-18-6-9(11)15/h4,13H,3,5-6H2,1-2H3,(H2,11,15). The van der Waals surface area contributed by atoms with Gasteiger partial charge in [0.15, 0.2) is 0 Å². The number of hydroxylamine groups is 1. The van der Waals surface area contributed by atoms with Crippen molar-refractivity contribution in [2.24, 2.45) is 12.8 Å². The van der Waals surface area contributed by atoms with Gasteiger partial charge in [0.05, 0.1) is 25.0 Å². The average Bonchev–Trinajstić information content (AvgIpc) is 2.66. The number of esters is 1. The monoisotopic (exact) mass is 256 g/mol. The van der Waals surface area contributed by atoms with Gasteiger partial charge in [-0.1, -0.05) is 0 Å². The van der Waals surface area contributed by atoms with Gasteiger partial charge < -0.3 is 10.5 Å². The highest BCUT2D eigenvalue weighted by molar-refractivity contribution is 5.90. The summed E-state index contributed by atoms with van der Waals surface area (Å²) in [4.78, 5) is 26.9. The minimum Gasteiger partial charge on any atom is -0.462 e. The molecular weight excluding hydrogens is 240 g/mol. The zero-order valence-corrected chi connectivity index (χ0v) is 10.3. The molecule has 0 saturated heterocycles. The smallest absolute Gasteiger partial charge is 0.341 e. The molecule has 0 saturated carbocycles. The van der Waals surface area contributed by atoms with Crippen molar-refractivity contribution in [1.82, 2.24) is 15.3 Å². The second-order valence-electron chi connectivity index (χ2n) is 3.43. The van der Waals surface area contributed by atoms with Gasteiger partial charge in [-0.3, -0.25) is 14.3 Å². The minimum atomic E-state index is -0.585. The van der Waals surface area contributed by atoms with Crippen molar-refractivity contribution >= 4 is 11.9 Å². The lowest BCUT2D eigenvalue weighted by Crippen LogP contribution is -2.25. The summed E-state index contributed by atoms with van der Waals surface area (Å²) in [6, 6.07) is 0. The summed E-state index contributed by atoms with van der Waals surface area (Å²) < 4.78 is 6.41. The summed E-state index contributed by atoms with van der Waals surface area (Å²) in [6.45, 7) is 1.98. The van der Waals surface area contributed by atoms with E-state index in [1.807, 2.05) is 0 Å². The van der Waals surface area contributed by atoms with Gasteiger partial charge in [-0.2, -0.15) is 10.6 Å². The molecule has 0 fully saturated rings. The van der Waals surface area contributed by atoms with Crippen LogP contribution in [-0.4, -0.2) is 34.9 Å². The first kappa shape index (κ1) is 14.1. The number of amides is 1. The molecule has 1 heterocycles. The van der Waals surface area contributed by atoms with E-state index in [0.29, 0.717) is 17.9 Å². The molecule has 100 valence electrons. The molecule has 8 heteroatoms. The lowest BCUT2D eigenvalue weighted by atomic mass is 10.2. The summed E-state index contributed by atoms with van der Waals surface area (Å²) >= 11 is 0. The van der Waals surface area contributed by atoms with Crippen LogP contribution in [0.3, 0.4) is 0 Å². The van der Waals surface area contributed by atoms with E-state index in [1.165, 1.54) is 10.9 Å². The van der Waals surface area contributed by atoms with E-state index < -0.39 is 11.9 Å². The number of nitrogens with zero attached hydrogens (tertiary/aromatic N) is 2. The molecule has 0 atom stereocenters. The van der Waals surface area contributed by atoms with Crippen molar-refractivity contribution in [3.05, 3.63) is 17.5 Å². The lowest BCUT2D eigenvalue weighted by molar-refractivity contribution is -0.125. The third kappa shape index (κ3) is 3.82. The third-order valence-electron chi connectivity index (χ3n) is 2.11. The average molecular weight is 256 g/mol. The number of hydrogen-bond donors (Lipinski definition) is 2. The Morgan fingerprint density at radius 2 is 2.28 bits per heavy atom. The molecule has 1 rings (SSSR count). The van der Waals surface area contributed by atoms with Gasteiger partial charge in [0, 0.05) is 7.05 Å². The summed E-state index contributed by atoms with van der Waals surface area (Å²) in [5.41, 5.74) is 8.38. The van der Waals surface area contributed by atoms with Gasteiger partial charge in [-0.25, -0.2) is 4.79 Å². The van der Waals surface area contributed by atoms with Crippen LogP contribution in [0.4, 0.5) is 0 Å². The first-order valence-electron chi connectivity index (χ1n) is 5.37. The molecule has 0 unspecified atom stereocenters. The van der Waals surface area contributed by atoms with Crippen LogP contribution in [0.2, 0.25) is 0 Å². The van der Waals surface area contributed by atoms with Crippen LogP contribution in [0.15, 0.2) is 6.20 Å². The van der Waals surface area contributed by atoms with Gasteiger partial charge in [0.1, 0.15) is 12.2 Å². The second-order valence-corrected chi connectivity index (χ2v) is 3.43. The number of carbonyl (C=O) groups is 2. The maximum Gasteiger partial charge on any atom is 0.341 e. The Kier molecular flexibility index (Phi) is 5.28. The number of primary amides is 1. The predicted molar refractivity (Wildman–Crippen MR) is 61.2 cm³/mol.